The number of aryl methyl sites for hydroxylation is 1. The third-order valence-electron chi connectivity index (χ3n) is 2.50. The van der Waals surface area contributed by atoms with Gasteiger partial charge in [-0.15, -0.1) is 0 Å². The molecule has 0 amide bonds. The van der Waals surface area contributed by atoms with Crippen molar-refractivity contribution in [1.29, 1.82) is 0 Å². The minimum atomic E-state index is 0.656. The van der Waals surface area contributed by atoms with Gasteiger partial charge in [0.05, 0.1) is 12.5 Å². The highest BCUT2D eigenvalue weighted by Crippen LogP contribution is 2.18. The second kappa shape index (κ2) is 3.86. The molecule has 3 rings (SSSR count). The number of nitrogens with zero attached hydrogens (tertiary/aromatic N) is 4. The lowest BCUT2D eigenvalue weighted by Gasteiger charge is -2.04. The summed E-state index contributed by atoms with van der Waals surface area (Å²) >= 11 is 0. The number of aromatic nitrogens is 5. The molecule has 0 fully saturated rings. The lowest BCUT2D eigenvalue weighted by atomic mass is 10.3. The highest BCUT2D eigenvalue weighted by Gasteiger charge is 2.10. The van der Waals surface area contributed by atoms with Crippen molar-refractivity contribution in [3.8, 4) is 17.2 Å². The molecule has 0 aliphatic heterocycles. The van der Waals surface area contributed by atoms with Gasteiger partial charge in [0.25, 0.3) is 0 Å². The van der Waals surface area contributed by atoms with Crippen LogP contribution in [-0.2, 0) is 0 Å². The maximum atomic E-state index is 4.31. The summed E-state index contributed by atoms with van der Waals surface area (Å²) in [6.45, 7) is 1.87. The number of nitrogens with one attached hydrogen (secondary N) is 1. The molecule has 0 radical (unpaired) electrons. The number of hydrogen-bond acceptors (Lipinski definition) is 3. The van der Waals surface area contributed by atoms with E-state index in [0.29, 0.717) is 5.82 Å². The Kier molecular flexibility index (Phi) is 2.22. The predicted octanol–water partition coefficient (Wildman–Crippen LogP) is 1.97. The highest BCUT2D eigenvalue weighted by molar-refractivity contribution is 5.53. The molecule has 0 spiro atoms. The van der Waals surface area contributed by atoms with Crippen LogP contribution in [0.2, 0.25) is 0 Å². The molecule has 5 nitrogen and oxygen atoms in total. The predicted molar refractivity (Wildman–Crippen MR) is 63.7 cm³/mol. The van der Waals surface area contributed by atoms with Gasteiger partial charge in [-0.1, -0.05) is 18.2 Å². The molecule has 3 aromatic rings. The van der Waals surface area contributed by atoms with Crippen molar-refractivity contribution in [2.45, 2.75) is 6.92 Å². The molecule has 0 saturated carbocycles. The fourth-order valence-corrected chi connectivity index (χ4v) is 1.71. The lowest BCUT2D eigenvalue weighted by molar-refractivity contribution is 1.02. The largest absolute Gasteiger partial charge is 0.296 e. The normalized spacial score (nSPS) is 10.6. The molecule has 0 aliphatic carbocycles. The molecule has 0 unspecified atom stereocenters. The number of hydrogen-bond donors (Lipinski definition) is 1. The summed E-state index contributed by atoms with van der Waals surface area (Å²) in [5.74, 6) is 1.45. The summed E-state index contributed by atoms with van der Waals surface area (Å²) in [5.41, 5.74) is 1.92. The SMILES string of the molecule is Cc1nc(-c2cncn2-c2ccccc2)n[nH]1. The Hall–Kier alpha value is -2.43. The van der Waals surface area contributed by atoms with Crippen molar-refractivity contribution in [1.82, 2.24) is 24.7 Å². The van der Waals surface area contributed by atoms with E-state index in [1.165, 1.54) is 0 Å². The van der Waals surface area contributed by atoms with Gasteiger partial charge in [0, 0.05) is 5.69 Å². The molecule has 0 aliphatic rings. The summed E-state index contributed by atoms with van der Waals surface area (Å²) in [5, 5.41) is 6.98. The van der Waals surface area contributed by atoms with E-state index in [2.05, 4.69) is 20.2 Å². The monoisotopic (exact) mass is 225 g/mol. The van der Waals surface area contributed by atoms with Crippen LogP contribution in [0, 0.1) is 6.92 Å². The van der Waals surface area contributed by atoms with Crippen LogP contribution in [0.5, 0.6) is 0 Å². The molecule has 17 heavy (non-hydrogen) atoms. The van der Waals surface area contributed by atoms with E-state index < -0.39 is 0 Å². The van der Waals surface area contributed by atoms with Crippen molar-refractivity contribution in [3.05, 3.63) is 48.7 Å². The van der Waals surface area contributed by atoms with E-state index in [9.17, 15) is 0 Å². The van der Waals surface area contributed by atoms with E-state index >= 15 is 0 Å². The van der Waals surface area contributed by atoms with Gasteiger partial charge in [0.1, 0.15) is 11.5 Å². The van der Waals surface area contributed by atoms with Gasteiger partial charge in [-0.25, -0.2) is 9.97 Å². The Labute approximate surface area is 98.2 Å². The number of imidazole rings is 1. The molecule has 0 saturated heterocycles. The van der Waals surface area contributed by atoms with E-state index in [0.717, 1.165) is 17.2 Å². The zero-order valence-electron chi connectivity index (χ0n) is 9.33. The van der Waals surface area contributed by atoms with Crippen LogP contribution < -0.4 is 0 Å². The fraction of sp³-hybridized carbons (Fsp3) is 0.0833. The molecule has 1 aromatic carbocycles. The van der Waals surface area contributed by atoms with Crippen LogP contribution in [0.15, 0.2) is 42.9 Å². The highest BCUT2D eigenvalue weighted by atomic mass is 15.2. The standard InChI is InChI=1S/C12H11N5/c1-9-14-12(16-15-9)11-7-13-8-17(11)10-5-3-2-4-6-10/h2-8H,1H3,(H,14,15,16). The van der Waals surface area contributed by atoms with Crippen LogP contribution in [0.3, 0.4) is 0 Å². The quantitative estimate of drug-likeness (QED) is 0.725. The summed E-state index contributed by atoms with van der Waals surface area (Å²) in [6, 6.07) is 10.00. The molecule has 84 valence electrons. The summed E-state index contributed by atoms with van der Waals surface area (Å²) in [7, 11) is 0. The number of rotatable bonds is 2. The first kappa shape index (κ1) is 9.77. The Balaban J connectivity index is 2.12. The van der Waals surface area contributed by atoms with Crippen molar-refractivity contribution < 1.29 is 0 Å². The maximum Gasteiger partial charge on any atom is 0.199 e. The lowest BCUT2D eigenvalue weighted by Crippen LogP contribution is -1.95. The Morgan fingerprint density at radius 2 is 2.00 bits per heavy atom. The Morgan fingerprint density at radius 3 is 2.71 bits per heavy atom. The van der Waals surface area contributed by atoms with Crippen LogP contribution in [0.1, 0.15) is 5.82 Å². The first-order valence-electron chi connectivity index (χ1n) is 5.32. The number of aromatic amines is 1. The number of benzene rings is 1. The van der Waals surface area contributed by atoms with Gasteiger partial charge < -0.3 is 0 Å². The van der Waals surface area contributed by atoms with Crippen LogP contribution in [-0.4, -0.2) is 24.7 Å². The van der Waals surface area contributed by atoms with Crippen LogP contribution in [0.25, 0.3) is 17.2 Å². The fourth-order valence-electron chi connectivity index (χ4n) is 1.71. The van der Waals surface area contributed by atoms with Gasteiger partial charge in [-0.05, 0) is 19.1 Å². The third-order valence-corrected chi connectivity index (χ3v) is 2.50. The van der Waals surface area contributed by atoms with Crippen molar-refractivity contribution in [3.63, 3.8) is 0 Å². The molecule has 5 heteroatoms. The molecule has 0 atom stereocenters. The van der Waals surface area contributed by atoms with Crippen molar-refractivity contribution in [2.24, 2.45) is 0 Å². The summed E-state index contributed by atoms with van der Waals surface area (Å²) in [6.07, 6.45) is 3.52. The van der Waals surface area contributed by atoms with Gasteiger partial charge >= 0.3 is 0 Å². The molecule has 0 bridgehead atoms. The number of H-pyrrole nitrogens is 1. The minimum Gasteiger partial charge on any atom is -0.296 e. The molecule has 2 heterocycles. The Morgan fingerprint density at radius 1 is 1.18 bits per heavy atom. The first-order chi connectivity index (χ1) is 8.34. The number of para-hydroxylation sites is 1. The summed E-state index contributed by atoms with van der Waals surface area (Å²) < 4.78 is 1.96. The average Bonchev–Trinajstić information content (AvgIpc) is 2.98. The topological polar surface area (TPSA) is 59.4 Å². The van der Waals surface area contributed by atoms with Gasteiger partial charge in [0.2, 0.25) is 0 Å². The van der Waals surface area contributed by atoms with E-state index in [-0.39, 0.29) is 0 Å². The van der Waals surface area contributed by atoms with Crippen molar-refractivity contribution >= 4 is 0 Å². The van der Waals surface area contributed by atoms with Gasteiger partial charge in [-0.2, -0.15) is 5.10 Å². The third kappa shape index (κ3) is 1.71. The van der Waals surface area contributed by atoms with E-state index in [1.54, 1.807) is 12.5 Å². The zero-order chi connectivity index (χ0) is 11.7. The van der Waals surface area contributed by atoms with Crippen LogP contribution >= 0.6 is 0 Å². The van der Waals surface area contributed by atoms with E-state index in [4.69, 9.17) is 0 Å². The molecular weight excluding hydrogens is 214 g/mol. The Bertz CT molecular complexity index is 623. The second-order valence-corrected chi connectivity index (χ2v) is 3.73. The average molecular weight is 225 g/mol. The first-order valence-corrected chi connectivity index (χ1v) is 5.32. The summed E-state index contributed by atoms with van der Waals surface area (Å²) in [4.78, 5) is 8.47. The molecule has 1 N–H and O–H groups in total. The van der Waals surface area contributed by atoms with Gasteiger partial charge in [-0.3, -0.25) is 9.67 Å². The zero-order valence-corrected chi connectivity index (χ0v) is 9.33. The minimum absolute atomic E-state index is 0.656. The molecule has 2 aromatic heterocycles. The van der Waals surface area contributed by atoms with Gasteiger partial charge in [0.15, 0.2) is 5.82 Å². The maximum absolute atomic E-state index is 4.31. The van der Waals surface area contributed by atoms with Crippen LogP contribution in [0.4, 0.5) is 0 Å². The smallest absolute Gasteiger partial charge is 0.199 e. The van der Waals surface area contributed by atoms with Crippen molar-refractivity contribution in [2.75, 3.05) is 0 Å². The molecular formula is C12H11N5. The van der Waals surface area contributed by atoms with E-state index in [1.807, 2.05) is 41.8 Å². The second-order valence-electron chi connectivity index (χ2n) is 3.73.